The lowest BCUT2D eigenvalue weighted by Crippen LogP contribution is -2.13. The molecular formula is C31H23Cl3N2O4. The minimum Gasteiger partial charge on any atom is -0.493 e. The summed E-state index contributed by atoms with van der Waals surface area (Å²) in [5, 5.41) is 13.9. The van der Waals surface area contributed by atoms with Crippen molar-refractivity contribution < 1.29 is 19.0 Å². The first kappa shape index (κ1) is 28.8. The number of hydrogen-bond donors (Lipinski definition) is 1. The summed E-state index contributed by atoms with van der Waals surface area (Å²) < 4.78 is 17.1. The van der Waals surface area contributed by atoms with Gasteiger partial charge in [0.2, 0.25) is 0 Å². The van der Waals surface area contributed by atoms with Gasteiger partial charge in [0.1, 0.15) is 30.6 Å². The molecule has 0 saturated carbocycles. The Kier molecular flexibility index (Phi) is 9.93. The van der Waals surface area contributed by atoms with Gasteiger partial charge in [0.15, 0.2) is 11.5 Å². The molecular weight excluding hydrogens is 571 g/mol. The minimum absolute atomic E-state index is 0.0745. The van der Waals surface area contributed by atoms with Crippen molar-refractivity contribution in [1.82, 2.24) is 0 Å². The first-order valence-electron chi connectivity index (χ1n) is 12.0. The predicted octanol–water partition coefficient (Wildman–Crippen LogP) is 8.36. The van der Waals surface area contributed by atoms with Crippen molar-refractivity contribution in [2.24, 2.45) is 0 Å². The first-order chi connectivity index (χ1) is 19.3. The van der Waals surface area contributed by atoms with Crippen molar-refractivity contribution in [3.05, 3.63) is 122 Å². The molecule has 0 radical (unpaired) electrons. The van der Waals surface area contributed by atoms with Crippen molar-refractivity contribution in [1.29, 1.82) is 5.26 Å². The molecule has 4 rings (SSSR count). The summed E-state index contributed by atoms with van der Waals surface area (Å²) >= 11 is 17.9. The van der Waals surface area contributed by atoms with Crippen LogP contribution < -0.4 is 19.5 Å². The molecule has 0 aliphatic rings. The summed E-state index contributed by atoms with van der Waals surface area (Å²) in [4.78, 5) is 12.8. The van der Waals surface area contributed by atoms with E-state index in [-0.39, 0.29) is 12.2 Å². The summed E-state index contributed by atoms with van der Waals surface area (Å²) in [6.07, 6.45) is 1.48. The second-order valence-electron chi connectivity index (χ2n) is 8.51. The molecule has 0 fully saturated rings. The molecule has 1 N–H and O–H groups in total. The van der Waals surface area contributed by atoms with Crippen LogP contribution >= 0.6 is 34.8 Å². The van der Waals surface area contributed by atoms with E-state index < -0.39 is 5.91 Å². The fraction of sp³-hybridized carbons (Fsp3) is 0.0968. The number of carbonyl (C=O) groups excluding carboxylic acids is 1. The van der Waals surface area contributed by atoms with Gasteiger partial charge in [-0.2, -0.15) is 5.26 Å². The van der Waals surface area contributed by atoms with E-state index in [0.717, 1.165) is 11.1 Å². The van der Waals surface area contributed by atoms with Crippen LogP contribution in [0.1, 0.15) is 16.7 Å². The minimum atomic E-state index is -0.545. The zero-order valence-corrected chi connectivity index (χ0v) is 23.6. The number of methoxy groups -OCH3 is 1. The zero-order valence-electron chi connectivity index (χ0n) is 21.3. The Morgan fingerprint density at radius 3 is 2.20 bits per heavy atom. The zero-order chi connectivity index (χ0) is 28.5. The maximum atomic E-state index is 12.8. The van der Waals surface area contributed by atoms with Crippen LogP contribution in [-0.2, 0) is 18.0 Å². The number of carbonyl (C=O) groups is 1. The average molecular weight is 594 g/mol. The Bertz CT molecular complexity index is 1560. The highest BCUT2D eigenvalue weighted by molar-refractivity contribution is 6.42. The molecule has 1 amide bonds. The lowest BCUT2D eigenvalue weighted by atomic mass is 10.1. The van der Waals surface area contributed by atoms with Crippen molar-refractivity contribution >= 4 is 52.5 Å². The molecule has 40 heavy (non-hydrogen) atoms. The molecule has 9 heteroatoms. The number of rotatable bonds is 10. The molecule has 4 aromatic carbocycles. The Morgan fingerprint density at radius 1 is 0.825 bits per heavy atom. The number of anilines is 1. The van der Waals surface area contributed by atoms with Crippen LogP contribution in [0.5, 0.6) is 17.2 Å². The monoisotopic (exact) mass is 592 g/mol. The number of halogens is 3. The van der Waals surface area contributed by atoms with Gasteiger partial charge in [-0.3, -0.25) is 4.79 Å². The van der Waals surface area contributed by atoms with Crippen LogP contribution in [0.2, 0.25) is 15.1 Å². The van der Waals surface area contributed by atoms with E-state index in [1.165, 1.54) is 13.2 Å². The number of amides is 1. The molecule has 0 unspecified atom stereocenters. The lowest BCUT2D eigenvalue weighted by molar-refractivity contribution is -0.112. The number of hydrogen-bond acceptors (Lipinski definition) is 5. The number of ether oxygens (including phenoxy) is 3. The number of nitriles is 1. The fourth-order valence-electron chi connectivity index (χ4n) is 3.58. The van der Waals surface area contributed by atoms with Crippen molar-refractivity contribution in [2.75, 3.05) is 12.4 Å². The molecule has 0 aliphatic carbocycles. The molecule has 6 nitrogen and oxygen atoms in total. The van der Waals surface area contributed by atoms with Gasteiger partial charge in [0.25, 0.3) is 5.91 Å². The molecule has 0 aromatic heterocycles. The highest BCUT2D eigenvalue weighted by atomic mass is 35.5. The van der Waals surface area contributed by atoms with Crippen LogP contribution in [0.4, 0.5) is 5.69 Å². The maximum Gasteiger partial charge on any atom is 0.266 e. The summed E-state index contributed by atoms with van der Waals surface area (Å²) in [5.41, 5.74) is 2.86. The highest BCUT2D eigenvalue weighted by Crippen LogP contribution is 2.31. The van der Waals surface area contributed by atoms with Gasteiger partial charge < -0.3 is 19.5 Å². The van der Waals surface area contributed by atoms with Crippen molar-refractivity contribution in [3.8, 4) is 23.3 Å². The molecule has 0 heterocycles. The largest absolute Gasteiger partial charge is 0.493 e. The highest BCUT2D eigenvalue weighted by Gasteiger charge is 2.12. The third-order valence-electron chi connectivity index (χ3n) is 5.67. The van der Waals surface area contributed by atoms with E-state index in [1.807, 2.05) is 24.3 Å². The van der Waals surface area contributed by atoms with Gasteiger partial charge in [0.05, 0.1) is 17.2 Å². The van der Waals surface area contributed by atoms with Crippen LogP contribution in [0.25, 0.3) is 6.08 Å². The van der Waals surface area contributed by atoms with Gasteiger partial charge in [0, 0.05) is 10.7 Å². The molecule has 4 aromatic rings. The predicted molar refractivity (Wildman–Crippen MR) is 158 cm³/mol. The quantitative estimate of drug-likeness (QED) is 0.148. The number of benzene rings is 4. The van der Waals surface area contributed by atoms with Crippen LogP contribution in [0.3, 0.4) is 0 Å². The SMILES string of the molecule is COc1cc(/C=C(\C#N)C(=O)Nc2ccc(OCc3ccc(Cl)cc3)cc2)ccc1OCc1ccc(Cl)c(Cl)c1. The molecule has 0 saturated heterocycles. The fourth-order valence-corrected chi connectivity index (χ4v) is 4.03. The van der Waals surface area contributed by atoms with E-state index in [9.17, 15) is 10.1 Å². The van der Waals surface area contributed by atoms with Gasteiger partial charge in [-0.1, -0.05) is 59.1 Å². The summed E-state index contributed by atoms with van der Waals surface area (Å²) in [6.45, 7) is 0.631. The first-order valence-corrected chi connectivity index (χ1v) is 13.1. The molecule has 0 spiro atoms. The normalized spacial score (nSPS) is 10.9. The molecule has 0 aliphatic heterocycles. The molecule has 0 bridgehead atoms. The van der Waals surface area contributed by atoms with E-state index in [2.05, 4.69) is 5.32 Å². The van der Waals surface area contributed by atoms with Gasteiger partial charge in [-0.25, -0.2) is 0 Å². The average Bonchev–Trinajstić information content (AvgIpc) is 2.97. The summed E-state index contributed by atoms with van der Waals surface area (Å²) in [5.74, 6) is 1.03. The number of nitrogens with zero attached hydrogens (tertiary/aromatic N) is 1. The topological polar surface area (TPSA) is 80.6 Å². The third kappa shape index (κ3) is 7.93. The Balaban J connectivity index is 1.38. The maximum absolute atomic E-state index is 12.8. The smallest absolute Gasteiger partial charge is 0.266 e. The second kappa shape index (κ2) is 13.8. The standard InChI is InChI=1S/C31H23Cl3N2O4/c1-38-30-16-21(5-13-29(30)40-19-22-4-12-27(33)28(34)15-22)14-23(17-35)31(37)36-25-8-10-26(11-9-25)39-18-20-2-6-24(32)7-3-20/h2-16H,18-19H2,1H3,(H,36,37)/b23-14+. The van der Waals surface area contributed by atoms with E-state index >= 15 is 0 Å². The van der Waals surface area contributed by atoms with Crippen molar-refractivity contribution in [3.63, 3.8) is 0 Å². The molecule has 202 valence electrons. The summed E-state index contributed by atoms with van der Waals surface area (Å²) in [7, 11) is 1.51. The van der Waals surface area contributed by atoms with Crippen LogP contribution in [-0.4, -0.2) is 13.0 Å². The summed E-state index contributed by atoms with van der Waals surface area (Å²) in [6, 6.07) is 26.6. The lowest BCUT2D eigenvalue weighted by Gasteiger charge is -2.12. The Hall–Kier alpha value is -4.15. The van der Waals surface area contributed by atoms with Gasteiger partial charge in [-0.15, -0.1) is 0 Å². The van der Waals surface area contributed by atoms with Gasteiger partial charge in [-0.05, 0) is 83.4 Å². The Morgan fingerprint density at radius 2 is 1.52 bits per heavy atom. The Labute approximate surface area is 247 Å². The second-order valence-corrected chi connectivity index (χ2v) is 9.76. The van der Waals surface area contributed by atoms with E-state index in [1.54, 1.807) is 66.7 Å². The van der Waals surface area contributed by atoms with Crippen LogP contribution in [0, 0.1) is 11.3 Å². The van der Waals surface area contributed by atoms with E-state index in [0.29, 0.717) is 50.2 Å². The van der Waals surface area contributed by atoms with E-state index in [4.69, 9.17) is 49.0 Å². The third-order valence-corrected chi connectivity index (χ3v) is 6.66. The number of nitrogens with one attached hydrogen (secondary N) is 1. The van der Waals surface area contributed by atoms with Gasteiger partial charge >= 0.3 is 0 Å². The van der Waals surface area contributed by atoms with Crippen LogP contribution in [0.15, 0.2) is 90.5 Å². The van der Waals surface area contributed by atoms with Crippen molar-refractivity contribution in [2.45, 2.75) is 13.2 Å². The molecule has 0 atom stereocenters.